The van der Waals surface area contributed by atoms with E-state index in [2.05, 4.69) is 9.98 Å². The van der Waals surface area contributed by atoms with Crippen molar-refractivity contribution in [2.24, 2.45) is 15.7 Å². The van der Waals surface area contributed by atoms with Crippen LogP contribution in [0.5, 0.6) is 0 Å². The van der Waals surface area contributed by atoms with E-state index in [9.17, 15) is 4.79 Å². The van der Waals surface area contributed by atoms with Crippen LogP contribution in [0.15, 0.2) is 40.3 Å². The molecule has 2 atom stereocenters. The minimum atomic E-state index is -1.02. The molecule has 0 aliphatic carbocycles. The Morgan fingerprint density at radius 2 is 2.11 bits per heavy atom. The summed E-state index contributed by atoms with van der Waals surface area (Å²) in [6.45, 7) is 0. The third-order valence-corrected chi connectivity index (χ3v) is 2.94. The molecule has 18 heavy (non-hydrogen) atoms. The Kier molecular flexibility index (Phi) is 3.53. The normalized spacial score (nSPS) is 23.2. The van der Waals surface area contributed by atoms with Gasteiger partial charge in [-0.1, -0.05) is 30.3 Å². The number of carboxylic acid groups (broad SMARTS) is 1. The van der Waals surface area contributed by atoms with Gasteiger partial charge in [0.15, 0.2) is 0 Å². The van der Waals surface area contributed by atoms with Crippen LogP contribution < -0.4 is 5.73 Å². The number of aliphatic imine (C=N–C) groups is 2. The van der Waals surface area contributed by atoms with E-state index < -0.39 is 17.6 Å². The van der Waals surface area contributed by atoms with E-state index >= 15 is 0 Å². The highest BCUT2D eigenvalue weighted by Crippen LogP contribution is 2.24. The molecule has 0 amide bonds. The van der Waals surface area contributed by atoms with Crippen molar-refractivity contribution in [3.63, 3.8) is 0 Å². The molecule has 0 bridgehead atoms. The van der Waals surface area contributed by atoms with Gasteiger partial charge in [-0.05, 0) is 5.56 Å². The summed E-state index contributed by atoms with van der Waals surface area (Å²) in [4.78, 5) is 19.1. The molecule has 1 aromatic rings. The standard InChI is InChI=1S/C13H15N3O2/c14-11(12(17)18)7-13(8-15-9-16-13)6-10-4-2-1-3-5-10/h1-5,8-9,11H,6-7,14H2,(H,17,18)/t11-,13?/m0/s1. The first-order valence-electron chi connectivity index (χ1n) is 5.72. The summed E-state index contributed by atoms with van der Waals surface area (Å²) >= 11 is 0. The average Bonchev–Trinajstić information content (AvgIpc) is 2.78. The highest BCUT2D eigenvalue weighted by molar-refractivity contribution is 5.87. The predicted octanol–water partition coefficient (Wildman–Crippen LogP) is 0.883. The van der Waals surface area contributed by atoms with Crippen LogP contribution in [-0.4, -0.2) is 35.2 Å². The summed E-state index contributed by atoms with van der Waals surface area (Å²) in [6.07, 6.45) is 3.99. The average molecular weight is 245 g/mol. The van der Waals surface area contributed by atoms with Crippen molar-refractivity contribution < 1.29 is 9.90 Å². The predicted molar refractivity (Wildman–Crippen MR) is 70.1 cm³/mol. The number of benzene rings is 1. The third-order valence-electron chi connectivity index (χ3n) is 2.94. The van der Waals surface area contributed by atoms with Crippen LogP contribution in [0.2, 0.25) is 0 Å². The Hall–Kier alpha value is -2.01. The molecule has 1 unspecified atom stereocenters. The molecule has 1 aliphatic heterocycles. The number of carboxylic acids is 1. The monoisotopic (exact) mass is 245 g/mol. The van der Waals surface area contributed by atoms with Crippen LogP contribution in [0.3, 0.4) is 0 Å². The number of rotatable bonds is 5. The van der Waals surface area contributed by atoms with Gasteiger partial charge >= 0.3 is 5.97 Å². The van der Waals surface area contributed by atoms with Crippen molar-refractivity contribution in [2.75, 3.05) is 0 Å². The van der Waals surface area contributed by atoms with Crippen LogP contribution in [-0.2, 0) is 11.2 Å². The van der Waals surface area contributed by atoms with E-state index in [4.69, 9.17) is 10.8 Å². The molecule has 2 rings (SSSR count). The maximum atomic E-state index is 10.9. The lowest BCUT2D eigenvalue weighted by atomic mass is 9.86. The Morgan fingerprint density at radius 3 is 2.67 bits per heavy atom. The topological polar surface area (TPSA) is 88.0 Å². The molecular formula is C13H15N3O2. The first-order valence-corrected chi connectivity index (χ1v) is 5.72. The first kappa shape index (κ1) is 12.4. The van der Waals surface area contributed by atoms with Crippen LogP contribution in [0, 0.1) is 0 Å². The summed E-state index contributed by atoms with van der Waals surface area (Å²) in [5.41, 5.74) is 6.06. The summed E-state index contributed by atoms with van der Waals surface area (Å²) in [5, 5.41) is 8.90. The second-order valence-corrected chi connectivity index (χ2v) is 4.44. The van der Waals surface area contributed by atoms with Crippen LogP contribution in [0.25, 0.3) is 0 Å². The van der Waals surface area contributed by atoms with Gasteiger partial charge in [0.2, 0.25) is 0 Å². The second-order valence-electron chi connectivity index (χ2n) is 4.44. The zero-order valence-corrected chi connectivity index (χ0v) is 9.86. The van der Waals surface area contributed by atoms with E-state index in [1.54, 1.807) is 6.21 Å². The zero-order valence-electron chi connectivity index (χ0n) is 9.86. The molecule has 3 N–H and O–H groups in total. The van der Waals surface area contributed by atoms with Crippen LogP contribution in [0.4, 0.5) is 0 Å². The largest absolute Gasteiger partial charge is 0.480 e. The van der Waals surface area contributed by atoms with Gasteiger partial charge in [0.25, 0.3) is 0 Å². The summed E-state index contributed by atoms with van der Waals surface area (Å²) in [6, 6.07) is 8.85. The lowest BCUT2D eigenvalue weighted by molar-refractivity contribution is -0.138. The quantitative estimate of drug-likeness (QED) is 0.807. The maximum Gasteiger partial charge on any atom is 0.320 e. The van der Waals surface area contributed by atoms with Gasteiger partial charge in [-0.25, -0.2) is 4.99 Å². The number of nitrogens with two attached hydrogens (primary N) is 1. The van der Waals surface area contributed by atoms with Gasteiger partial charge < -0.3 is 10.8 Å². The number of carbonyl (C=O) groups is 1. The van der Waals surface area contributed by atoms with E-state index in [0.717, 1.165) is 5.56 Å². The van der Waals surface area contributed by atoms with Crippen molar-refractivity contribution in [3.8, 4) is 0 Å². The molecular weight excluding hydrogens is 230 g/mol. The number of hydrogen-bond donors (Lipinski definition) is 2. The highest BCUT2D eigenvalue weighted by Gasteiger charge is 2.34. The fourth-order valence-corrected chi connectivity index (χ4v) is 2.04. The highest BCUT2D eigenvalue weighted by atomic mass is 16.4. The van der Waals surface area contributed by atoms with Gasteiger partial charge in [-0.15, -0.1) is 0 Å². The molecule has 0 fully saturated rings. The van der Waals surface area contributed by atoms with E-state index in [1.165, 1.54) is 6.34 Å². The fourth-order valence-electron chi connectivity index (χ4n) is 2.04. The minimum absolute atomic E-state index is 0.247. The smallest absolute Gasteiger partial charge is 0.320 e. The van der Waals surface area contributed by atoms with Gasteiger partial charge in [0.05, 0.1) is 0 Å². The number of nitrogens with zero attached hydrogens (tertiary/aromatic N) is 2. The SMILES string of the molecule is N[C@@H](CC1(Cc2ccccc2)C=NC=N1)C(=O)O. The summed E-state index contributed by atoms with van der Waals surface area (Å²) < 4.78 is 0. The molecule has 5 nitrogen and oxygen atoms in total. The van der Waals surface area contributed by atoms with Gasteiger partial charge in [-0.3, -0.25) is 9.79 Å². The molecule has 94 valence electrons. The third kappa shape index (κ3) is 2.81. The lowest BCUT2D eigenvalue weighted by Gasteiger charge is -2.24. The molecule has 1 aromatic carbocycles. The molecule has 1 heterocycles. The minimum Gasteiger partial charge on any atom is -0.480 e. The molecule has 0 aromatic heterocycles. The number of hydrogen-bond acceptors (Lipinski definition) is 4. The van der Waals surface area contributed by atoms with Crippen LogP contribution in [0.1, 0.15) is 12.0 Å². The van der Waals surface area contributed by atoms with E-state index in [0.29, 0.717) is 6.42 Å². The molecule has 0 saturated carbocycles. The van der Waals surface area contributed by atoms with Crippen LogP contribution >= 0.6 is 0 Å². The summed E-state index contributed by atoms with van der Waals surface area (Å²) in [7, 11) is 0. The van der Waals surface area contributed by atoms with Crippen molar-refractivity contribution in [2.45, 2.75) is 24.4 Å². The maximum absolute atomic E-state index is 10.9. The molecule has 0 radical (unpaired) electrons. The Labute approximate surface area is 105 Å². The van der Waals surface area contributed by atoms with Crippen molar-refractivity contribution in [1.29, 1.82) is 0 Å². The molecule has 1 aliphatic rings. The molecule has 0 spiro atoms. The second kappa shape index (κ2) is 5.10. The van der Waals surface area contributed by atoms with Gasteiger partial charge in [0, 0.05) is 19.1 Å². The fraction of sp³-hybridized carbons (Fsp3) is 0.308. The van der Waals surface area contributed by atoms with Crippen molar-refractivity contribution in [1.82, 2.24) is 0 Å². The first-order chi connectivity index (χ1) is 8.61. The van der Waals surface area contributed by atoms with Gasteiger partial charge in [0.1, 0.15) is 17.9 Å². The van der Waals surface area contributed by atoms with E-state index in [-0.39, 0.29) is 6.42 Å². The molecule has 0 saturated heterocycles. The Morgan fingerprint density at radius 1 is 1.39 bits per heavy atom. The Bertz CT molecular complexity index is 470. The van der Waals surface area contributed by atoms with Gasteiger partial charge in [-0.2, -0.15) is 0 Å². The summed E-state index contributed by atoms with van der Waals surface area (Å²) in [5.74, 6) is -1.02. The van der Waals surface area contributed by atoms with Crippen molar-refractivity contribution >= 4 is 18.5 Å². The lowest BCUT2D eigenvalue weighted by Crippen LogP contribution is -2.41. The van der Waals surface area contributed by atoms with Crippen molar-refractivity contribution in [3.05, 3.63) is 35.9 Å². The zero-order chi connectivity index (χ0) is 13.0. The number of aliphatic carboxylic acids is 1. The van der Waals surface area contributed by atoms with E-state index in [1.807, 2.05) is 30.3 Å². The Balaban J connectivity index is 2.16. The molecule has 5 heteroatoms.